The Morgan fingerprint density at radius 1 is 1.67 bits per heavy atom. The van der Waals surface area contributed by atoms with Crippen molar-refractivity contribution in [1.82, 2.24) is 0 Å². The van der Waals surface area contributed by atoms with Gasteiger partial charge in [-0.3, -0.25) is 0 Å². The van der Waals surface area contributed by atoms with Crippen molar-refractivity contribution in [3.63, 3.8) is 0 Å². The molecule has 32 valence electrons. The van der Waals surface area contributed by atoms with Crippen molar-refractivity contribution >= 4 is 0 Å². The van der Waals surface area contributed by atoms with Crippen molar-refractivity contribution in [2.45, 2.75) is 13.2 Å². The van der Waals surface area contributed by atoms with Crippen LogP contribution in [0.25, 0.3) is 0 Å². The molecule has 0 saturated carbocycles. The molecule has 0 aliphatic heterocycles. The number of hydrogen-bond acceptors (Lipinski definition) is 2. The van der Waals surface area contributed by atoms with Gasteiger partial charge < -0.3 is 9.84 Å². The van der Waals surface area contributed by atoms with E-state index in [9.17, 15) is 5.11 Å². The van der Waals surface area contributed by atoms with Gasteiger partial charge in [0.2, 0.25) is 0 Å². The van der Waals surface area contributed by atoms with Crippen molar-refractivity contribution in [2.75, 3.05) is 7.11 Å². The summed E-state index contributed by atoms with van der Waals surface area (Å²) in [6.45, 7) is 1.44. The van der Waals surface area contributed by atoms with Crippen LogP contribution in [0.4, 0.5) is 0 Å². The molecule has 0 aliphatic carbocycles. The van der Waals surface area contributed by atoms with Crippen molar-refractivity contribution < 1.29 is 68.0 Å². The maximum Gasteiger partial charge on any atom is 1.00 e. The van der Waals surface area contributed by atoms with Gasteiger partial charge in [-0.15, -0.1) is 0 Å². The quantitative estimate of drug-likeness (QED) is 0.371. The standard InChI is InChI=1S/C3H7O2.Rb/c1-3(4)5-2;/h3H,1-2H3;/q-1;+1. The molecule has 1 unspecified atom stereocenters. The van der Waals surface area contributed by atoms with Gasteiger partial charge in [0, 0.05) is 7.11 Å². The van der Waals surface area contributed by atoms with E-state index in [1.54, 1.807) is 0 Å². The zero-order valence-electron chi connectivity index (χ0n) is 4.39. The Morgan fingerprint density at radius 2 is 1.83 bits per heavy atom. The molecule has 0 fully saturated rings. The van der Waals surface area contributed by atoms with E-state index < -0.39 is 6.29 Å². The Morgan fingerprint density at radius 3 is 1.83 bits per heavy atom. The normalized spacial score (nSPS) is 12.5. The minimum absolute atomic E-state index is 0. The van der Waals surface area contributed by atoms with Crippen LogP contribution in [0.15, 0.2) is 0 Å². The first kappa shape index (κ1) is 10.7. The molecule has 0 aromatic rings. The van der Waals surface area contributed by atoms with E-state index in [4.69, 9.17) is 0 Å². The Balaban J connectivity index is 0. The van der Waals surface area contributed by atoms with E-state index in [0.29, 0.717) is 0 Å². The van der Waals surface area contributed by atoms with Gasteiger partial charge in [-0.1, -0.05) is 6.92 Å². The van der Waals surface area contributed by atoms with E-state index in [-0.39, 0.29) is 58.2 Å². The first-order valence-electron chi connectivity index (χ1n) is 1.46. The monoisotopic (exact) mass is 160 g/mol. The molecule has 0 amide bonds. The van der Waals surface area contributed by atoms with Crippen molar-refractivity contribution in [3.8, 4) is 0 Å². The van der Waals surface area contributed by atoms with E-state index in [1.807, 2.05) is 0 Å². The molecule has 0 rings (SSSR count). The molecule has 2 nitrogen and oxygen atoms in total. The second kappa shape index (κ2) is 6.73. The molecule has 0 radical (unpaired) electrons. The average molecular weight is 161 g/mol. The minimum Gasteiger partial charge on any atom is -0.831 e. The van der Waals surface area contributed by atoms with Gasteiger partial charge in [0.05, 0.1) is 0 Å². The van der Waals surface area contributed by atoms with E-state index in [2.05, 4.69) is 4.74 Å². The van der Waals surface area contributed by atoms with Crippen LogP contribution in [-0.2, 0) is 4.74 Å². The van der Waals surface area contributed by atoms with E-state index >= 15 is 0 Å². The molecule has 6 heavy (non-hydrogen) atoms. The van der Waals surface area contributed by atoms with Crippen molar-refractivity contribution in [1.29, 1.82) is 0 Å². The summed E-state index contributed by atoms with van der Waals surface area (Å²) in [5.74, 6) is 0. The molecule has 0 spiro atoms. The van der Waals surface area contributed by atoms with Gasteiger partial charge in [-0.25, -0.2) is 0 Å². The van der Waals surface area contributed by atoms with Crippen LogP contribution in [0.3, 0.4) is 0 Å². The maximum atomic E-state index is 9.67. The predicted octanol–water partition coefficient (Wildman–Crippen LogP) is -3.66. The average Bonchev–Trinajstić information content (AvgIpc) is 1.38. The third-order valence-electron chi connectivity index (χ3n) is 0.332. The fourth-order valence-electron chi connectivity index (χ4n) is 0. The Labute approximate surface area is 86.7 Å². The van der Waals surface area contributed by atoms with Crippen LogP contribution < -0.4 is 63.3 Å². The van der Waals surface area contributed by atoms with Crippen LogP contribution in [0.5, 0.6) is 0 Å². The fourth-order valence-corrected chi connectivity index (χ4v) is 0. The van der Waals surface area contributed by atoms with Gasteiger partial charge in [0.15, 0.2) is 0 Å². The molecule has 0 aromatic heterocycles. The number of methoxy groups -OCH3 is 1. The number of rotatable bonds is 1. The van der Waals surface area contributed by atoms with Gasteiger partial charge in [0.25, 0.3) is 0 Å². The second-order valence-electron chi connectivity index (χ2n) is 0.803. The summed E-state index contributed by atoms with van der Waals surface area (Å²) in [6, 6.07) is 0. The zero-order chi connectivity index (χ0) is 4.28. The smallest absolute Gasteiger partial charge is 0.831 e. The molecule has 1 atom stereocenters. The fraction of sp³-hybridized carbons (Fsp3) is 1.00. The van der Waals surface area contributed by atoms with Crippen LogP contribution in [0.2, 0.25) is 0 Å². The second-order valence-corrected chi connectivity index (χ2v) is 0.803. The molecule has 0 heterocycles. The summed E-state index contributed by atoms with van der Waals surface area (Å²) in [5, 5.41) is 9.67. The first-order chi connectivity index (χ1) is 2.27. The van der Waals surface area contributed by atoms with Crippen molar-refractivity contribution in [3.05, 3.63) is 0 Å². The summed E-state index contributed by atoms with van der Waals surface area (Å²) in [5.41, 5.74) is 0. The van der Waals surface area contributed by atoms with Crippen LogP contribution in [0.1, 0.15) is 6.92 Å². The Kier molecular flexibility index (Phi) is 11.9. The predicted molar refractivity (Wildman–Crippen MR) is 16.5 cm³/mol. The SMILES string of the molecule is COC(C)[O-].[Rb+]. The molecule has 0 aliphatic rings. The van der Waals surface area contributed by atoms with Gasteiger partial charge >= 0.3 is 58.2 Å². The molecular formula is C3H7O2Rb. The molecule has 0 bridgehead atoms. The molecule has 3 heteroatoms. The summed E-state index contributed by atoms with van der Waals surface area (Å²) in [6.07, 6.45) is -0.866. The minimum atomic E-state index is -0.866. The van der Waals surface area contributed by atoms with E-state index in [1.165, 1.54) is 14.0 Å². The summed E-state index contributed by atoms with van der Waals surface area (Å²) in [4.78, 5) is 0. The van der Waals surface area contributed by atoms with E-state index in [0.717, 1.165) is 0 Å². The van der Waals surface area contributed by atoms with Crippen LogP contribution >= 0.6 is 0 Å². The summed E-state index contributed by atoms with van der Waals surface area (Å²) in [7, 11) is 1.39. The first-order valence-corrected chi connectivity index (χ1v) is 1.46. The molecule has 0 saturated heterocycles. The van der Waals surface area contributed by atoms with Crippen molar-refractivity contribution in [2.24, 2.45) is 0 Å². The zero-order valence-corrected chi connectivity index (χ0v) is 9.31. The third kappa shape index (κ3) is 9.21. The van der Waals surface area contributed by atoms with Gasteiger partial charge in [-0.2, -0.15) is 0 Å². The third-order valence-corrected chi connectivity index (χ3v) is 0.332. The van der Waals surface area contributed by atoms with Crippen LogP contribution in [-0.4, -0.2) is 13.4 Å². The number of ether oxygens (including phenoxy) is 1. The Hall–Kier alpha value is 1.73. The van der Waals surface area contributed by atoms with Crippen LogP contribution in [0, 0.1) is 0 Å². The summed E-state index contributed by atoms with van der Waals surface area (Å²) >= 11 is 0. The van der Waals surface area contributed by atoms with Gasteiger partial charge in [-0.05, 0) is 6.29 Å². The Bertz CT molecular complexity index is 22.8. The molecule has 0 N–H and O–H groups in total. The summed E-state index contributed by atoms with van der Waals surface area (Å²) < 4.78 is 4.19. The largest absolute Gasteiger partial charge is 1.00 e. The van der Waals surface area contributed by atoms with Gasteiger partial charge in [0.1, 0.15) is 0 Å². The topological polar surface area (TPSA) is 32.3 Å². The molecular weight excluding hydrogens is 153 g/mol. The number of hydrogen-bond donors (Lipinski definition) is 0. The maximum absolute atomic E-state index is 9.67. The molecule has 0 aromatic carbocycles.